The van der Waals surface area contributed by atoms with Gasteiger partial charge in [-0.25, -0.2) is 0 Å². The average molecular weight is 658 g/mol. The molecule has 0 aromatic heterocycles. The summed E-state index contributed by atoms with van der Waals surface area (Å²) in [6, 6.07) is 29.5. The SMILES string of the molecule is COc1cc(/C=C(\C#N)C(=O)Nc2ccc(OCc3ccc(Cl)cc3Cl)cc2)cc(Cl)c1OCc1c(C)ccc2ccccc12. The number of anilines is 1. The van der Waals surface area contributed by atoms with E-state index < -0.39 is 5.91 Å². The molecule has 0 bridgehead atoms. The zero-order valence-electron chi connectivity index (χ0n) is 24.4. The third-order valence-electron chi connectivity index (χ3n) is 7.09. The van der Waals surface area contributed by atoms with Crippen molar-refractivity contribution in [2.24, 2.45) is 0 Å². The van der Waals surface area contributed by atoms with E-state index in [2.05, 4.69) is 29.6 Å². The summed E-state index contributed by atoms with van der Waals surface area (Å²) in [6.07, 6.45) is 1.44. The number of rotatable bonds is 10. The topological polar surface area (TPSA) is 80.6 Å². The van der Waals surface area contributed by atoms with Crippen LogP contribution in [-0.4, -0.2) is 13.0 Å². The van der Waals surface area contributed by atoms with Crippen LogP contribution in [0.3, 0.4) is 0 Å². The number of nitrogens with zero attached hydrogens (tertiary/aromatic N) is 1. The lowest BCUT2D eigenvalue weighted by atomic mass is 10.0. The first-order valence-corrected chi connectivity index (χ1v) is 15.0. The van der Waals surface area contributed by atoms with Crippen LogP contribution in [0.4, 0.5) is 5.69 Å². The lowest BCUT2D eigenvalue weighted by Crippen LogP contribution is -2.13. The molecule has 0 unspecified atom stereocenters. The fraction of sp³-hybridized carbons (Fsp3) is 0.111. The molecular weight excluding hydrogens is 631 g/mol. The van der Waals surface area contributed by atoms with E-state index in [-0.39, 0.29) is 23.8 Å². The van der Waals surface area contributed by atoms with E-state index in [1.807, 2.05) is 25.1 Å². The Morgan fingerprint density at radius 2 is 1.67 bits per heavy atom. The number of fused-ring (bicyclic) bond motifs is 1. The van der Waals surface area contributed by atoms with Crippen LogP contribution in [0, 0.1) is 18.3 Å². The van der Waals surface area contributed by atoms with E-state index in [1.54, 1.807) is 54.6 Å². The maximum atomic E-state index is 13.0. The van der Waals surface area contributed by atoms with E-state index in [0.717, 1.165) is 27.5 Å². The molecule has 0 saturated heterocycles. The molecule has 1 amide bonds. The van der Waals surface area contributed by atoms with Gasteiger partial charge in [-0.3, -0.25) is 4.79 Å². The Morgan fingerprint density at radius 3 is 2.40 bits per heavy atom. The van der Waals surface area contributed by atoms with Crippen molar-refractivity contribution in [3.05, 3.63) is 134 Å². The molecule has 0 spiro atoms. The average Bonchev–Trinajstić information content (AvgIpc) is 3.03. The standard InChI is InChI=1S/C36H27Cl3N2O4/c1-22-7-8-24-5-3-4-6-30(24)31(22)21-45-35-33(39)16-23(17-34(35)43-2)15-26(19-40)36(42)41-28-11-13-29(14-12-28)44-20-25-9-10-27(37)18-32(25)38/h3-18H,20-21H2,1-2H3,(H,41,42)/b26-15+. The second kappa shape index (κ2) is 14.4. The van der Waals surface area contributed by atoms with Gasteiger partial charge in [0.25, 0.3) is 5.91 Å². The van der Waals surface area contributed by atoms with Crippen molar-refractivity contribution in [2.75, 3.05) is 12.4 Å². The molecule has 5 rings (SSSR count). The Kier molecular flexibility index (Phi) is 10.2. The number of halogens is 3. The minimum atomic E-state index is -0.582. The van der Waals surface area contributed by atoms with Crippen LogP contribution in [0.2, 0.25) is 15.1 Å². The van der Waals surface area contributed by atoms with Gasteiger partial charge in [0, 0.05) is 26.9 Å². The summed E-state index contributed by atoms with van der Waals surface area (Å²) < 4.78 is 17.5. The van der Waals surface area contributed by atoms with Crippen molar-refractivity contribution in [1.82, 2.24) is 0 Å². The first-order chi connectivity index (χ1) is 21.7. The Balaban J connectivity index is 1.27. The van der Waals surface area contributed by atoms with Crippen LogP contribution in [0.5, 0.6) is 17.2 Å². The quantitative estimate of drug-likeness (QED) is 0.119. The molecule has 0 fully saturated rings. The van der Waals surface area contributed by atoms with Gasteiger partial charge in [-0.2, -0.15) is 5.26 Å². The largest absolute Gasteiger partial charge is 0.493 e. The van der Waals surface area contributed by atoms with Gasteiger partial charge in [0.1, 0.15) is 30.6 Å². The maximum absolute atomic E-state index is 13.0. The van der Waals surface area contributed by atoms with Gasteiger partial charge in [-0.15, -0.1) is 0 Å². The lowest BCUT2D eigenvalue weighted by Gasteiger charge is -2.16. The van der Waals surface area contributed by atoms with Gasteiger partial charge in [-0.05, 0) is 83.4 Å². The van der Waals surface area contributed by atoms with Crippen molar-refractivity contribution in [2.45, 2.75) is 20.1 Å². The summed E-state index contributed by atoms with van der Waals surface area (Å²) in [6.45, 7) is 2.57. The summed E-state index contributed by atoms with van der Waals surface area (Å²) >= 11 is 18.8. The molecule has 0 atom stereocenters. The molecule has 0 saturated carbocycles. The number of nitrogens with one attached hydrogen (secondary N) is 1. The van der Waals surface area contributed by atoms with E-state index in [1.165, 1.54) is 13.2 Å². The number of nitriles is 1. The fourth-order valence-electron chi connectivity index (χ4n) is 4.69. The molecule has 5 aromatic carbocycles. The van der Waals surface area contributed by atoms with Gasteiger partial charge < -0.3 is 19.5 Å². The number of ether oxygens (including phenoxy) is 3. The molecule has 0 aliphatic rings. The molecule has 6 nitrogen and oxygen atoms in total. The number of benzene rings is 5. The number of methoxy groups -OCH3 is 1. The first kappa shape index (κ1) is 31.7. The van der Waals surface area contributed by atoms with Crippen molar-refractivity contribution in [1.29, 1.82) is 5.26 Å². The van der Waals surface area contributed by atoms with Crippen molar-refractivity contribution >= 4 is 63.2 Å². The number of amides is 1. The van der Waals surface area contributed by atoms with Crippen molar-refractivity contribution in [3.63, 3.8) is 0 Å². The number of carbonyl (C=O) groups is 1. The fourth-order valence-corrected chi connectivity index (χ4v) is 5.43. The summed E-state index contributed by atoms with van der Waals surface area (Å²) in [5.74, 6) is 0.739. The highest BCUT2D eigenvalue weighted by atomic mass is 35.5. The minimum Gasteiger partial charge on any atom is -0.493 e. The van der Waals surface area contributed by atoms with Crippen molar-refractivity contribution < 1.29 is 19.0 Å². The van der Waals surface area contributed by atoms with Crippen molar-refractivity contribution in [3.8, 4) is 23.3 Å². The molecule has 0 aliphatic carbocycles. The van der Waals surface area contributed by atoms with Gasteiger partial charge >= 0.3 is 0 Å². The third-order valence-corrected chi connectivity index (χ3v) is 7.95. The van der Waals surface area contributed by atoms with Gasteiger partial charge in [0.15, 0.2) is 11.5 Å². The van der Waals surface area contributed by atoms with Gasteiger partial charge in [-0.1, -0.05) is 77.3 Å². The van der Waals surface area contributed by atoms with E-state index in [0.29, 0.717) is 38.5 Å². The maximum Gasteiger partial charge on any atom is 0.266 e. The normalized spacial score (nSPS) is 11.2. The number of aryl methyl sites for hydroxylation is 1. The summed E-state index contributed by atoms with van der Waals surface area (Å²) in [4.78, 5) is 13.0. The molecule has 0 aliphatic heterocycles. The Labute approximate surface area is 276 Å². The zero-order valence-corrected chi connectivity index (χ0v) is 26.6. The van der Waals surface area contributed by atoms with Crippen LogP contribution in [-0.2, 0) is 18.0 Å². The first-order valence-electron chi connectivity index (χ1n) is 13.8. The zero-order chi connectivity index (χ0) is 31.9. The van der Waals surface area contributed by atoms with Gasteiger partial charge in [0.2, 0.25) is 0 Å². The van der Waals surface area contributed by atoms with Crippen LogP contribution in [0.1, 0.15) is 22.3 Å². The predicted molar refractivity (Wildman–Crippen MR) is 180 cm³/mol. The second-order valence-electron chi connectivity index (χ2n) is 10.1. The Bertz CT molecular complexity index is 1950. The molecule has 9 heteroatoms. The molecule has 45 heavy (non-hydrogen) atoms. The molecule has 226 valence electrons. The highest BCUT2D eigenvalue weighted by Crippen LogP contribution is 2.38. The van der Waals surface area contributed by atoms with Crippen LogP contribution in [0.25, 0.3) is 16.8 Å². The van der Waals surface area contributed by atoms with E-state index in [4.69, 9.17) is 49.0 Å². The third kappa shape index (κ3) is 7.71. The number of hydrogen-bond acceptors (Lipinski definition) is 5. The summed E-state index contributed by atoms with van der Waals surface area (Å²) in [5, 5.41) is 16.1. The Hall–Kier alpha value is -4.67. The highest BCUT2D eigenvalue weighted by Gasteiger charge is 2.16. The summed E-state index contributed by atoms with van der Waals surface area (Å²) in [7, 11) is 1.50. The lowest BCUT2D eigenvalue weighted by molar-refractivity contribution is -0.112. The molecular formula is C36H27Cl3N2O4. The van der Waals surface area contributed by atoms with E-state index >= 15 is 0 Å². The molecule has 5 aromatic rings. The monoisotopic (exact) mass is 656 g/mol. The van der Waals surface area contributed by atoms with E-state index in [9.17, 15) is 10.1 Å². The minimum absolute atomic E-state index is 0.120. The molecule has 0 heterocycles. The summed E-state index contributed by atoms with van der Waals surface area (Å²) in [5.41, 5.74) is 3.80. The smallest absolute Gasteiger partial charge is 0.266 e. The number of hydrogen-bond donors (Lipinski definition) is 1. The second-order valence-corrected chi connectivity index (χ2v) is 11.3. The van der Waals surface area contributed by atoms with Gasteiger partial charge in [0.05, 0.1) is 12.1 Å². The Morgan fingerprint density at radius 1 is 0.889 bits per heavy atom. The molecule has 0 radical (unpaired) electrons. The number of carbonyl (C=O) groups excluding carboxylic acids is 1. The van der Waals surface area contributed by atoms with Crippen LogP contribution in [0.15, 0.2) is 96.6 Å². The van der Waals surface area contributed by atoms with Crippen LogP contribution >= 0.6 is 34.8 Å². The molecule has 1 N–H and O–H groups in total. The highest BCUT2D eigenvalue weighted by molar-refractivity contribution is 6.35. The van der Waals surface area contributed by atoms with Crippen LogP contribution < -0.4 is 19.5 Å². The predicted octanol–water partition coefficient (Wildman–Crippen LogP) is 9.82.